The predicted octanol–water partition coefficient (Wildman–Crippen LogP) is 2.16. The van der Waals surface area contributed by atoms with Crippen molar-refractivity contribution in [2.24, 2.45) is 5.92 Å². The molecular weight excluding hydrogens is 393 g/mol. The Morgan fingerprint density at radius 3 is 2.43 bits per heavy atom. The van der Waals surface area contributed by atoms with Gasteiger partial charge < -0.3 is 5.32 Å². The van der Waals surface area contributed by atoms with Crippen molar-refractivity contribution in [1.29, 1.82) is 0 Å². The number of benzene rings is 2. The van der Waals surface area contributed by atoms with Crippen molar-refractivity contribution in [1.82, 2.24) is 10.2 Å². The Balaban J connectivity index is 1.48. The lowest BCUT2D eigenvalue weighted by molar-refractivity contribution is -0.385. The van der Waals surface area contributed by atoms with Crippen LogP contribution >= 0.6 is 0 Å². The Hall–Kier alpha value is -3.46. The first-order valence-electron chi connectivity index (χ1n) is 9.32. The van der Waals surface area contributed by atoms with Crippen LogP contribution in [-0.4, -0.2) is 53.5 Å². The number of hydrogen-bond donors (Lipinski definition) is 1. The van der Waals surface area contributed by atoms with Gasteiger partial charge in [-0.05, 0) is 13.0 Å². The van der Waals surface area contributed by atoms with E-state index in [1.165, 1.54) is 6.92 Å². The van der Waals surface area contributed by atoms with E-state index < -0.39 is 28.8 Å². The average Bonchev–Trinajstić information content (AvgIpc) is 2.70. The molecule has 0 bridgehead atoms. The maximum absolute atomic E-state index is 13.8. The molecule has 8 nitrogen and oxygen atoms in total. The minimum absolute atomic E-state index is 0.0346. The van der Waals surface area contributed by atoms with Gasteiger partial charge in [-0.3, -0.25) is 29.4 Å². The van der Waals surface area contributed by atoms with Gasteiger partial charge in [0.25, 0.3) is 5.69 Å². The van der Waals surface area contributed by atoms with Gasteiger partial charge in [-0.1, -0.05) is 30.3 Å². The van der Waals surface area contributed by atoms with Crippen LogP contribution in [-0.2, 0) is 4.79 Å². The van der Waals surface area contributed by atoms with E-state index in [1.54, 1.807) is 24.3 Å². The third-order valence-electron chi connectivity index (χ3n) is 5.05. The Bertz CT molecular complexity index is 1000. The fraction of sp³-hybridized carbons (Fsp3) is 0.286. The highest BCUT2D eigenvalue weighted by Gasteiger charge is 2.33. The van der Waals surface area contributed by atoms with Crippen molar-refractivity contribution in [2.75, 3.05) is 26.2 Å². The summed E-state index contributed by atoms with van der Waals surface area (Å²) in [6.45, 7) is 1.86. The number of carbonyl (C=O) groups is 3. The summed E-state index contributed by atoms with van der Waals surface area (Å²) in [5.74, 6) is -2.22. The van der Waals surface area contributed by atoms with E-state index in [0.717, 1.165) is 12.1 Å². The number of nitrogens with zero attached hydrogens (tertiary/aromatic N) is 2. The molecule has 1 fully saturated rings. The highest BCUT2D eigenvalue weighted by atomic mass is 19.1. The highest BCUT2D eigenvalue weighted by Crippen LogP contribution is 2.23. The number of nitrogens with one attached hydrogen (secondary N) is 1. The number of ketones is 2. The van der Waals surface area contributed by atoms with Gasteiger partial charge >= 0.3 is 0 Å². The first-order valence-corrected chi connectivity index (χ1v) is 9.32. The zero-order valence-electron chi connectivity index (χ0n) is 16.3. The van der Waals surface area contributed by atoms with E-state index in [-0.39, 0.29) is 35.3 Å². The Morgan fingerprint density at radius 2 is 1.80 bits per heavy atom. The molecule has 0 radical (unpaired) electrons. The average molecular weight is 413 g/mol. The van der Waals surface area contributed by atoms with Crippen molar-refractivity contribution in [3.05, 3.63) is 75.1 Å². The number of Topliss-reactive ketones (excluding diaryl/α,β-unsaturated/α-hetero) is 2. The lowest BCUT2D eigenvalue weighted by atomic mass is 9.97. The van der Waals surface area contributed by atoms with E-state index in [0.29, 0.717) is 18.7 Å². The summed E-state index contributed by atoms with van der Waals surface area (Å²) in [7, 11) is 0. The fourth-order valence-electron chi connectivity index (χ4n) is 3.21. The van der Waals surface area contributed by atoms with Crippen LogP contribution in [0.2, 0.25) is 0 Å². The largest absolute Gasteiger partial charge is 0.348 e. The van der Waals surface area contributed by atoms with Crippen LogP contribution in [0.3, 0.4) is 0 Å². The Morgan fingerprint density at radius 1 is 1.13 bits per heavy atom. The molecule has 2 aromatic rings. The van der Waals surface area contributed by atoms with Crippen LogP contribution in [0.15, 0.2) is 42.5 Å². The molecule has 1 heterocycles. The van der Waals surface area contributed by atoms with Gasteiger partial charge in [0, 0.05) is 30.3 Å². The van der Waals surface area contributed by atoms with Gasteiger partial charge in [-0.2, -0.15) is 0 Å². The Kier molecular flexibility index (Phi) is 6.31. The van der Waals surface area contributed by atoms with Gasteiger partial charge in [-0.15, -0.1) is 0 Å². The second-order valence-corrected chi connectivity index (χ2v) is 7.18. The molecule has 0 aliphatic carbocycles. The molecule has 3 rings (SSSR count). The highest BCUT2D eigenvalue weighted by molar-refractivity contribution is 6.00. The summed E-state index contributed by atoms with van der Waals surface area (Å²) in [5.41, 5.74) is -0.202. The predicted molar refractivity (Wildman–Crippen MR) is 106 cm³/mol. The molecule has 1 aliphatic heterocycles. The molecule has 0 atom stereocenters. The summed E-state index contributed by atoms with van der Waals surface area (Å²) in [5, 5.41) is 13.5. The summed E-state index contributed by atoms with van der Waals surface area (Å²) >= 11 is 0. The first kappa shape index (κ1) is 21.3. The lowest BCUT2D eigenvalue weighted by Crippen LogP contribution is -2.55. The third kappa shape index (κ3) is 4.74. The summed E-state index contributed by atoms with van der Waals surface area (Å²) in [6, 6.07) is 10.8. The number of likely N-dealkylation sites (tertiary alicyclic amines) is 1. The smallest absolute Gasteiger partial charge is 0.275 e. The molecule has 1 aliphatic rings. The van der Waals surface area contributed by atoms with Gasteiger partial charge in [-0.25, -0.2) is 4.39 Å². The SMILES string of the molecule is Cc1c(F)cc(C(=O)CNC(=O)C2CN(CC(=O)c3ccccc3)C2)cc1[N+](=O)[O-]. The van der Waals surface area contributed by atoms with Crippen LogP contribution in [0.1, 0.15) is 26.3 Å². The molecule has 0 spiro atoms. The monoisotopic (exact) mass is 413 g/mol. The first-order chi connectivity index (χ1) is 14.3. The number of halogens is 1. The van der Waals surface area contributed by atoms with Gasteiger partial charge in [0.2, 0.25) is 5.91 Å². The van der Waals surface area contributed by atoms with E-state index in [4.69, 9.17) is 0 Å². The number of rotatable bonds is 8. The van der Waals surface area contributed by atoms with Crippen molar-refractivity contribution >= 4 is 23.2 Å². The summed E-state index contributed by atoms with van der Waals surface area (Å²) in [4.78, 5) is 48.6. The lowest BCUT2D eigenvalue weighted by Gasteiger charge is -2.37. The second-order valence-electron chi connectivity index (χ2n) is 7.18. The normalized spacial score (nSPS) is 14.1. The van der Waals surface area contributed by atoms with Gasteiger partial charge in [0.05, 0.1) is 29.5 Å². The maximum Gasteiger partial charge on any atom is 0.275 e. The van der Waals surface area contributed by atoms with E-state index >= 15 is 0 Å². The van der Waals surface area contributed by atoms with Gasteiger partial charge in [0.15, 0.2) is 11.6 Å². The number of hydrogen-bond acceptors (Lipinski definition) is 6. The number of nitro benzene ring substituents is 1. The van der Waals surface area contributed by atoms with Crippen LogP contribution in [0.5, 0.6) is 0 Å². The van der Waals surface area contributed by atoms with Crippen LogP contribution in [0.4, 0.5) is 10.1 Å². The van der Waals surface area contributed by atoms with Crippen LogP contribution in [0.25, 0.3) is 0 Å². The van der Waals surface area contributed by atoms with Crippen LogP contribution < -0.4 is 5.32 Å². The molecular formula is C21H20FN3O5. The molecule has 1 amide bonds. The topological polar surface area (TPSA) is 110 Å². The number of amides is 1. The summed E-state index contributed by atoms with van der Waals surface area (Å²) in [6.07, 6.45) is 0. The molecule has 0 saturated carbocycles. The van der Waals surface area contributed by atoms with E-state index in [9.17, 15) is 28.9 Å². The van der Waals surface area contributed by atoms with E-state index in [1.807, 2.05) is 11.0 Å². The minimum Gasteiger partial charge on any atom is -0.348 e. The molecule has 0 aromatic heterocycles. The molecule has 1 N–H and O–H groups in total. The molecule has 0 unspecified atom stereocenters. The minimum atomic E-state index is -0.850. The van der Waals surface area contributed by atoms with Crippen molar-refractivity contribution in [2.45, 2.75) is 6.92 Å². The third-order valence-corrected chi connectivity index (χ3v) is 5.05. The molecule has 1 saturated heterocycles. The van der Waals surface area contributed by atoms with Gasteiger partial charge in [0.1, 0.15) is 5.82 Å². The number of carbonyl (C=O) groups excluding carboxylic acids is 3. The Labute approximate surface area is 171 Å². The number of nitro groups is 1. The van der Waals surface area contributed by atoms with Crippen LogP contribution in [0, 0.1) is 28.8 Å². The molecule has 30 heavy (non-hydrogen) atoms. The van der Waals surface area contributed by atoms with E-state index in [2.05, 4.69) is 5.32 Å². The standard InChI is InChI=1S/C21H20FN3O5/c1-13-17(22)7-15(8-18(13)25(29)30)19(26)9-23-21(28)16-10-24(11-16)12-20(27)14-5-3-2-4-6-14/h2-8,16H,9-12H2,1H3,(H,23,28). The quantitative estimate of drug-likeness (QED) is 0.403. The second kappa shape index (κ2) is 8.91. The molecule has 9 heteroatoms. The van der Waals surface area contributed by atoms with Crippen molar-refractivity contribution < 1.29 is 23.7 Å². The molecule has 156 valence electrons. The zero-order valence-corrected chi connectivity index (χ0v) is 16.3. The molecule has 2 aromatic carbocycles. The maximum atomic E-state index is 13.8. The van der Waals surface area contributed by atoms with Crippen molar-refractivity contribution in [3.63, 3.8) is 0 Å². The fourth-order valence-corrected chi connectivity index (χ4v) is 3.21. The zero-order chi connectivity index (χ0) is 21.8. The summed E-state index contributed by atoms with van der Waals surface area (Å²) < 4.78 is 13.8. The van der Waals surface area contributed by atoms with Crippen molar-refractivity contribution in [3.8, 4) is 0 Å².